The maximum atomic E-state index is 10.3. The topological polar surface area (TPSA) is 23.5 Å². The molecule has 0 aliphatic carbocycles. The summed E-state index contributed by atoms with van der Waals surface area (Å²) in [6, 6.07) is 5.65. The summed E-state index contributed by atoms with van der Waals surface area (Å²) in [5, 5.41) is 10.9. The summed E-state index contributed by atoms with van der Waals surface area (Å²) in [6.07, 6.45) is 0.232. The molecule has 2 nitrogen and oxygen atoms in total. The number of aliphatic hydroxyl groups is 1. The normalized spacial score (nSPS) is 20.9. The highest BCUT2D eigenvalue weighted by Gasteiger charge is 2.27. The monoisotopic (exact) mass is 377 g/mol. The first-order valence-electron chi connectivity index (χ1n) is 6.87. The lowest BCUT2D eigenvalue weighted by atomic mass is 10.1. The fraction of sp³-hybridized carbons (Fsp3) is 0.600. The van der Waals surface area contributed by atoms with Gasteiger partial charge in [-0.1, -0.05) is 33.6 Å². The summed E-state index contributed by atoms with van der Waals surface area (Å²) in [5.74, 6) is 1.17. The fourth-order valence-electron chi connectivity index (χ4n) is 2.54. The SMILES string of the molecule is CC1(C)CN(CCC(O)c2ccc(Br)cc2Cl)CCS1. The average Bonchev–Trinajstić information content (AvgIpc) is 2.35. The number of hydrogen-bond donors (Lipinski definition) is 1. The van der Waals surface area contributed by atoms with Gasteiger partial charge in [-0.3, -0.25) is 0 Å². The molecule has 1 fully saturated rings. The van der Waals surface area contributed by atoms with Gasteiger partial charge in [0.15, 0.2) is 0 Å². The molecule has 5 heteroatoms. The number of nitrogens with zero attached hydrogens (tertiary/aromatic N) is 1. The summed E-state index contributed by atoms with van der Waals surface area (Å²) < 4.78 is 1.26. The van der Waals surface area contributed by atoms with E-state index in [4.69, 9.17) is 11.6 Å². The van der Waals surface area contributed by atoms with Gasteiger partial charge in [0.1, 0.15) is 0 Å². The van der Waals surface area contributed by atoms with E-state index in [1.54, 1.807) is 0 Å². The van der Waals surface area contributed by atoms with Crippen molar-refractivity contribution in [1.82, 2.24) is 4.90 Å². The lowest BCUT2D eigenvalue weighted by Gasteiger charge is -2.37. The number of benzene rings is 1. The predicted molar refractivity (Wildman–Crippen MR) is 91.7 cm³/mol. The van der Waals surface area contributed by atoms with Gasteiger partial charge < -0.3 is 10.0 Å². The van der Waals surface area contributed by atoms with E-state index >= 15 is 0 Å². The van der Waals surface area contributed by atoms with Gasteiger partial charge in [-0.25, -0.2) is 0 Å². The molecule has 1 atom stereocenters. The highest BCUT2D eigenvalue weighted by Crippen LogP contribution is 2.31. The molecule has 1 aliphatic rings. The number of hydrogen-bond acceptors (Lipinski definition) is 3. The van der Waals surface area contributed by atoms with E-state index in [0.29, 0.717) is 9.77 Å². The molecule has 112 valence electrons. The molecule has 1 N–H and O–H groups in total. The minimum absolute atomic E-state index is 0.318. The molecule has 0 saturated carbocycles. The van der Waals surface area contributed by atoms with E-state index in [1.807, 2.05) is 30.0 Å². The Kier molecular flexibility index (Phi) is 5.83. The molecule has 0 amide bonds. The Labute approximate surface area is 139 Å². The van der Waals surface area contributed by atoms with Gasteiger partial charge in [0.2, 0.25) is 0 Å². The Morgan fingerprint density at radius 3 is 2.90 bits per heavy atom. The zero-order chi connectivity index (χ0) is 14.8. The van der Waals surface area contributed by atoms with Crippen molar-refractivity contribution in [2.24, 2.45) is 0 Å². The van der Waals surface area contributed by atoms with Crippen LogP contribution in [0.4, 0.5) is 0 Å². The molecule has 1 unspecified atom stereocenters. The molecule has 1 aromatic rings. The van der Waals surface area contributed by atoms with Gasteiger partial charge in [0.05, 0.1) is 6.10 Å². The van der Waals surface area contributed by atoms with Crippen LogP contribution < -0.4 is 0 Å². The van der Waals surface area contributed by atoms with Crippen LogP contribution >= 0.6 is 39.3 Å². The van der Waals surface area contributed by atoms with Crippen molar-refractivity contribution in [2.45, 2.75) is 31.1 Å². The third kappa shape index (κ3) is 4.63. The highest BCUT2D eigenvalue weighted by molar-refractivity contribution is 9.10. The van der Waals surface area contributed by atoms with Gasteiger partial charge in [-0.15, -0.1) is 0 Å². The summed E-state index contributed by atoms with van der Waals surface area (Å²) in [4.78, 5) is 2.44. The summed E-state index contributed by atoms with van der Waals surface area (Å²) in [6.45, 7) is 7.67. The predicted octanol–water partition coefficient (Wildman–Crippen LogP) is 4.35. The van der Waals surface area contributed by atoms with Gasteiger partial charge in [-0.05, 0) is 38.0 Å². The standard InChI is InChI=1S/C15H21BrClNOS/c1-15(2)10-18(7-8-20-15)6-5-14(19)12-4-3-11(16)9-13(12)17/h3-4,9,14,19H,5-8,10H2,1-2H3. The second-order valence-corrected chi connectivity index (χ2v) is 8.98. The minimum Gasteiger partial charge on any atom is -0.388 e. The van der Waals surface area contributed by atoms with Crippen molar-refractivity contribution in [3.8, 4) is 0 Å². The van der Waals surface area contributed by atoms with E-state index in [-0.39, 0.29) is 0 Å². The number of thioether (sulfide) groups is 1. The third-order valence-corrected chi connectivity index (χ3v) is 5.66. The van der Waals surface area contributed by atoms with E-state index in [2.05, 4.69) is 34.7 Å². The van der Waals surface area contributed by atoms with Crippen LogP contribution in [-0.4, -0.2) is 40.1 Å². The van der Waals surface area contributed by atoms with Crippen LogP contribution in [0.3, 0.4) is 0 Å². The summed E-state index contributed by atoms with van der Waals surface area (Å²) >= 11 is 11.6. The van der Waals surface area contributed by atoms with Crippen LogP contribution in [0.25, 0.3) is 0 Å². The first-order chi connectivity index (χ1) is 9.37. The smallest absolute Gasteiger partial charge is 0.0816 e. The molecule has 0 spiro atoms. The Balaban J connectivity index is 1.90. The molecule has 20 heavy (non-hydrogen) atoms. The molecular weight excluding hydrogens is 358 g/mol. The Morgan fingerprint density at radius 2 is 2.25 bits per heavy atom. The van der Waals surface area contributed by atoms with Crippen molar-refractivity contribution >= 4 is 39.3 Å². The van der Waals surface area contributed by atoms with Crippen molar-refractivity contribution in [1.29, 1.82) is 0 Å². The number of rotatable bonds is 4. The van der Waals surface area contributed by atoms with Crippen molar-refractivity contribution in [3.05, 3.63) is 33.3 Å². The quantitative estimate of drug-likeness (QED) is 0.842. The zero-order valence-electron chi connectivity index (χ0n) is 11.9. The van der Waals surface area contributed by atoms with Gasteiger partial charge in [0, 0.05) is 39.6 Å². The van der Waals surface area contributed by atoms with Crippen LogP contribution in [0.5, 0.6) is 0 Å². The molecule has 0 radical (unpaired) electrons. The van der Waals surface area contributed by atoms with E-state index in [0.717, 1.165) is 36.1 Å². The van der Waals surface area contributed by atoms with Crippen LogP contribution in [0, 0.1) is 0 Å². The molecule has 0 aromatic heterocycles. The Hall–Kier alpha value is 0.260. The van der Waals surface area contributed by atoms with Crippen molar-refractivity contribution in [2.75, 3.05) is 25.4 Å². The zero-order valence-corrected chi connectivity index (χ0v) is 15.1. The first kappa shape index (κ1) is 16.6. The van der Waals surface area contributed by atoms with E-state index in [1.165, 1.54) is 5.75 Å². The van der Waals surface area contributed by atoms with Gasteiger partial charge in [0.25, 0.3) is 0 Å². The van der Waals surface area contributed by atoms with Crippen LogP contribution in [-0.2, 0) is 0 Å². The molecule has 2 rings (SSSR count). The average molecular weight is 379 g/mol. The van der Waals surface area contributed by atoms with Crippen LogP contribution in [0.15, 0.2) is 22.7 Å². The molecule has 1 saturated heterocycles. The maximum Gasteiger partial charge on any atom is 0.0816 e. The Bertz CT molecular complexity index is 469. The minimum atomic E-state index is -0.492. The molecule has 0 bridgehead atoms. The Morgan fingerprint density at radius 1 is 1.50 bits per heavy atom. The fourth-order valence-corrected chi connectivity index (χ4v) is 4.51. The lowest BCUT2D eigenvalue weighted by molar-refractivity contribution is 0.140. The van der Waals surface area contributed by atoms with Crippen molar-refractivity contribution in [3.63, 3.8) is 0 Å². The second-order valence-electron chi connectivity index (χ2n) is 5.85. The van der Waals surface area contributed by atoms with Gasteiger partial charge >= 0.3 is 0 Å². The summed E-state index contributed by atoms with van der Waals surface area (Å²) in [7, 11) is 0. The maximum absolute atomic E-state index is 10.3. The van der Waals surface area contributed by atoms with Crippen LogP contribution in [0.1, 0.15) is 31.9 Å². The molecule has 1 aromatic carbocycles. The van der Waals surface area contributed by atoms with Crippen LogP contribution in [0.2, 0.25) is 5.02 Å². The molecular formula is C15H21BrClNOS. The van der Waals surface area contributed by atoms with E-state index in [9.17, 15) is 5.11 Å². The lowest BCUT2D eigenvalue weighted by Crippen LogP contribution is -2.43. The first-order valence-corrected chi connectivity index (χ1v) is 9.02. The molecule has 1 heterocycles. The van der Waals surface area contributed by atoms with Crippen molar-refractivity contribution < 1.29 is 5.11 Å². The highest BCUT2D eigenvalue weighted by atomic mass is 79.9. The number of aliphatic hydroxyl groups excluding tert-OH is 1. The number of halogens is 2. The van der Waals surface area contributed by atoms with E-state index < -0.39 is 6.10 Å². The second kappa shape index (κ2) is 7.01. The third-order valence-electron chi connectivity index (χ3n) is 3.54. The summed E-state index contributed by atoms with van der Waals surface area (Å²) in [5.41, 5.74) is 0.820. The largest absolute Gasteiger partial charge is 0.388 e. The molecule has 1 aliphatic heterocycles. The van der Waals surface area contributed by atoms with Gasteiger partial charge in [-0.2, -0.15) is 11.8 Å².